The monoisotopic (exact) mass is 554 g/mol. The molecule has 0 fully saturated rings. The van der Waals surface area contributed by atoms with Crippen molar-refractivity contribution in [2.75, 3.05) is 0 Å². The molecule has 2 aromatic heterocycles. The molecular weight excluding hydrogens is 524 g/mol. The molecule has 4 nitrogen and oxygen atoms in total. The lowest BCUT2D eigenvalue weighted by Gasteiger charge is -2.35. The highest BCUT2D eigenvalue weighted by Gasteiger charge is 2.33. The van der Waals surface area contributed by atoms with Crippen molar-refractivity contribution in [3.8, 4) is 45.2 Å². The van der Waals surface area contributed by atoms with Crippen LogP contribution in [0.1, 0.15) is 30.5 Å². The van der Waals surface area contributed by atoms with Crippen LogP contribution in [0.2, 0.25) is 0 Å². The summed E-state index contributed by atoms with van der Waals surface area (Å²) in [5, 5.41) is 6.19. The van der Waals surface area contributed by atoms with Gasteiger partial charge in [0, 0.05) is 27.5 Å². The van der Waals surface area contributed by atoms with Gasteiger partial charge in [0.25, 0.3) is 0 Å². The van der Waals surface area contributed by atoms with Crippen molar-refractivity contribution in [3.05, 3.63) is 150 Å². The van der Waals surface area contributed by atoms with Crippen LogP contribution in [-0.4, -0.2) is 19.7 Å². The Bertz CT molecular complexity index is 2110. The zero-order valence-corrected chi connectivity index (χ0v) is 24.2. The van der Waals surface area contributed by atoms with E-state index in [-0.39, 0.29) is 5.41 Å². The highest BCUT2D eigenvalue weighted by atomic mass is 15.3. The van der Waals surface area contributed by atoms with Gasteiger partial charge in [-0.2, -0.15) is 5.10 Å². The minimum atomic E-state index is -0.0811. The lowest BCUT2D eigenvalue weighted by atomic mass is 9.69. The van der Waals surface area contributed by atoms with Crippen LogP contribution in [0.25, 0.3) is 56.1 Å². The van der Waals surface area contributed by atoms with E-state index in [0.717, 1.165) is 39.5 Å². The van der Waals surface area contributed by atoms with Crippen molar-refractivity contribution in [3.63, 3.8) is 0 Å². The zero-order valence-electron chi connectivity index (χ0n) is 24.2. The van der Waals surface area contributed by atoms with E-state index in [1.807, 2.05) is 28.9 Å². The second-order valence-electron chi connectivity index (χ2n) is 11.8. The summed E-state index contributed by atoms with van der Waals surface area (Å²) in [5.74, 6) is 1.57. The highest BCUT2D eigenvalue weighted by Crippen LogP contribution is 2.48. The molecule has 1 aliphatic carbocycles. The van der Waals surface area contributed by atoms with Crippen molar-refractivity contribution in [2.45, 2.75) is 25.8 Å². The van der Waals surface area contributed by atoms with Crippen LogP contribution >= 0.6 is 0 Å². The van der Waals surface area contributed by atoms with Crippen molar-refractivity contribution in [2.24, 2.45) is 0 Å². The van der Waals surface area contributed by atoms with Gasteiger partial charge in [-0.25, -0.2) is 14.6 Å². The van der Waals surface area contributed by atoms with Gasteiger partial charge in [0.15, 0.2) is 11.6 Å². The number of benzene rings is 5. The van der Waals surface area contributed by atoms with Crippen LogP contribution in [0, 0.1) is 0 Å². The fourth-order valence-electron chi connectivity index (χ4n) is 6.50. The van der Waals surface area contributed by atoms with Crippen LogP contribution < -0.4 is 0 Å². The van der Waals surface area contributed by atoms with Gasteiger partial charge in [-0.15, -0.1) is 0 Å². The molecule has 2 heterocycles. The molecule has 0 N–H and O–H groups in total. The molecule has 0 saturated heterocycles. The second-order valence-corrected chi connectivity index (χ2v) is 11.8. The Labute approximate surface area is 251 Å². The maximum absolute atomic E-state index is 5.17. The van der Waals surface area contributed by atoms with E-state index in [9.17, 15) is 0 Å². The fraction of sp³-hybridized carbons (Fsp3) is 0.103. The molecule has 0 bridgehead atoms. The summed E-state index contributed by atoms with van der Waals surface area (Å²) >= 11 is 0. The van der Waals surface area contributed by atoms with Gasteiger partial charge in [0.2, 0.25) is 0 Å². The van der Waals surface area contributed by atoms with Crippen molar-refractivity contribution >= 4 is 10.9 Å². The van der Waals surface area contributed by atoms with Gasteiger partial charge >= 0.3 is 0 Å². The van der Waals surface area contributed by atoms with Crippen molar-refractivity contribution in [1.29, 1.82) is 0 Å². The molecule has 7 aromatic rings. The molecule has 0 radical (unpaired) electrons. The smallest absolute Gasteiger partial charge is 0.181 e. The van der Waals surface area contributed by atoms with Gasteiger partial charge in [-0.3, -0.25) is 0 Å². The standard InChI is InChI=1S/C39H30N4/c1-39(2)32-17-10-9-16-30(32)31-24-35(40-34-19-11-18-33(39)36(31)34)27-20-22-29(23-21-27)38-41-37(28-14-7-4-8-15-28)42-43(38)25-26-12-5-3-6-13-26/h3-24H,25H2,1-2H3. The zero-order chi connectivity index (χ0) is 29.0. The predicted molar refractivity (Wildman–Crippen MR) is 175 cm³/mol. The SMILES string of the molecule is CC1(C)c2ccccc2-c2cc(-c3ccc(-c4nc(-c5ccccc5)nn4Cc4ccccc4)cc3)nc3cccc1c23. The Morgan fingerprint density at radius 1 is 0.581 bits per heavy atom. The normalized spacial score (nSPS) is 13.2. The van der Waals surface area contributed by atoms with Crippen LogP contribution in [-0.2, 0) is 12.0 Å². The molecule has 0 aliphatic heterocycles. The summed E-state index contributed by atoms with van der Waals surface area (Å²) < 4.78 is 2.01. The quantitative estimate of drug-likeness (QED) is 0.213. The Hall–Kier alpha value is -5.35. The largest absolute Gasteiger partial charge is 0.248 e. The summed E-state index contributed by atoms with van der Waals surface area (Å²) in [6, 6.07) is 46.8. The number of hydrogen-bond acceptors (Lipinski definition) is 3. The molecule has 0 amide bonds. The molecule has 0 spiro atoms. The molecule has 43 heavy (non-hydrogen) atoms. The van der Waals surface area contributed by atoms with E-state index in [1.54, 1.807) is 0 Å². The summed E-state index contributed by atoms with van der Waals surface area (Å²) in [7, 11) is 0. The second kappa shape index (κ2) is 9.88. The molecule has 4 heteroatoms. The number of nitrogens with zero attached hydrogens (tertiary/aromatic N) is 4. The third-order valence-electron chi connectivity index (χ3n) is 8.72. The van der Waals surface area contributed by atoms with Crippen molar-refractivity contribution in [1.82, 2.24) is 19.7 Å². The lowest BCUT2D eigenvalue weighted by molar-refractivity contribution is 0.645. The van der Waals surface area contributed by atoms with Crippen molar-refractivity contribution < 1.29 is 0 Å². The van der Waals surface area contributed by atoms with Crippen LogP contribution in [0.4, 0.5) is 0 Å². The maximum atomic E-state index is 5.17. The van der Waals surface area contributed by atoms with E-state index in [1.165, 1.54) is 33.2 Å². The number of rotatable bonds is 5. The number of fused-ring (bicyclic) bond motifs is 2. The fourth-order valence-corrected chi connectivity index (χ4v) is 6.50. The number of pyridine rings is 1. The Balaban J connectivity index is 1.22. The first-order valence-corrected chi connectivity index (χ1v) is 14.8. The first-order valence-electron chi connectivity index (χ1n) is 14.8. The molecule has 5 aromatic carbocycles. The molecule has 0 unspecified atom stereocenters. The first-order chi connectivity index (χ1) is 21.1. The third kappa shape index (κ3) is 4.26. The number of aromatic nitrogens is 4. The average molecular weight is 555 g/mol. The lowest BCUT2D eigenvalue weighted by Crippen LogP contribution is -2.23. The highest BCUT2D eigenvalue weighted by molar-refractivity contribution is 6.03. The van der Waals surface area contributed by atoms with Crippen LogP contribution in [0.5, 0.6) is 0 Å². The summed E-state index contributed by atoms with van der Waals surface area (Å²) in [4.78, 5) is 10.2. The molecular formula is C39H30N4. The van der Waals surface area contributed by atoms with E-state index < -0.39 is 0 Å². The van der Waals surface area contributed by atoms with E-state index in [0.29, 0.717) is 6.54 Å². The molecule has 0 saturated carbocycles. The third-order valence-corrected chi connectivity index (χ3v) is 8.72. The predicted octanol–water partition coefficient (Wildman–Crippen LogP) is 9.18. The summed E-state index contributed by atoms with van der Waals surface area (Å²) in [6.45, 7) is 5.28. The van der Waals surface area contributed by atoms with Gasteiger partial charge in [0.05, 0.1) is 17.8 Å². The van der Waals surface area contributed by atoms with Gasteiger partial charge in [0.1, 0.15) is 0 Å². The Morgan fingerprint density at radius 3 is 2.05 bits per heavy atom. The van der Waals surface area contributed by atoms with E-state index in [4.69, 9.17) is 15.1 Å². The van der Waals surface area contributed by atoms with Gasteiger partial charge in [-0.1, -0.05) is 135 Å². The Kier molecular flexibility index (Phi) is 5.83. The topological polar surface area (TPSA) is 43.6 Å². The molecule has 206 valence electrons. The number of hydrogen-bond donors (Lipinski definition) is 0. The average Bonchev–Trinajstić information content (AvgIpc) is 3.48. The molecule has 1 aliphatic rings. The van der Waals surface area contributed by atoms with Crippen LogP contribution in [0.15, 0.2) is 133 Å². The van der Waals surface area contributed by atoms with Gasteiger partial charge < -0.3 is 0 Å². The van der Waals surface area contributed by atoms with Crippen LogP contribution in [0.3, 0.4) is 0 Å². The first kappa shape index (κ1) is 25.4. The minimum absolute atomic E-state index is 0.0811. The van der Waals surface area contributed by atoms with Gasteiger partial charge in [-0.05, 0) is 39.9 Å². The molecule has 0 atom stereocenters. The summed E-state index contributed by atoms with van der Waals surface area (Å²) in [6.07, 6.45) is 0. The minimum Gasteiger partial charge on any atom is -0.248 e. The van der Waals surface area contributed by atoms with E-state index >= 15 is 0 Å². The molecule has 8 rings (SSSR count). The Morgan fingerprint density at radius 2 is 1.26 bits per heavy atom. The maximum Gasteiger partial charge on any atom is 0.181 e. The van der Waals surface area contributed by atoms with E-state index in [2.05, 4.69) is 123 Å². The summed E-state index contributed by atoms with van der Waals surface area (Å²) in [5.41, 5.74) is 11.4.